The molecule has 0 saturated carbocycles. The number of hydrogen-bond acceptors (Lipinski definition) is 4. The van der Waals surface area contributed by atoms with Crippen LogP contribution in [0.3, 0.4) is 0 Å². The smallest absolute Gasteiger partial charge is 0.163 e. The van der Waals surface area contributed by atoms with E-state index in [1.165, 1.54) is 6.42 Å². The Balaban J connectivity index is 2.12. The first kappa shape index (κ1) is 11.5. The standard InChI is InChI=1S/C11H20N4O/c1-3-4-6-15-9(2)13-14-11(15)10-8-12-5-7-16-10/h10,12H,3-8H2,1-2H3. The minimum atomic E-state index is 0.0619. The summed E-state index contributed by atoms with van der Waals surface area (Å²) in [6.45, 7) is 7.71. The first-order valence-corrected chi connectivity index (χ1v) is 6.05. The normalized spacial score (nSPS) is 21.2. The van der Waals surface area contributed by atoms with E-state index >= 15 is 0 Å². The van der Waals surface area contributed by atoms with Crippen molar-refractivity contribution in [3.8, 4) is 0 Å². The van der Waals surface area contributed by atoms with E-state index in [2.05, 4.69) is 27.0 Å². The van der Waals surface area contributed by atoms with Gasteiger partial charge in [-0.25, -0.2) is 0 Å². The molecular weight excluding hydrogens is 204 g/mol. The number of ether oxygens (including phenoxy) is 1. The predicted octanol–water partition coefficient (Wildman–Crippen LogP) is 1.05. The molecule has 1 N–H and O–H groups in total. The number of aromatic nitrogens is 3. The number of rotatable bonds is 4. The summed E-state index contributed by atoms with van der Waals surface area (Å²) in [5, 5.41) is 11.7. The Morgan fingerprint density at radius 2 is 2.38 bits per heavy atom. The molecule has 16 heavy (non-hydrogen) atoms. The molecule has 1 aliphatic rings. The third-order valence-electron chi connectivity index (χ3n) is 2.92. The van der Waals surface area contributed by atoms with Crippen LogP contribution in [0.4, 0.5) is 0 Å². The van der Waals surface area contributed by atoms with Crippen LogP contribution in [0, 0.1) is 6.92 Å². The number of nitrogens with one attached hydrogen (secondary N) is 1. The van der Waals surface area contributed by atoms with Crippen LogP contribution in [0.2, 0.25) is 0 Å². The fraction of sp³-hybridized carbons (Fsp3) is 0.818. The molecule has 1 aliphatic heterocycles. The zero-order valence-electron chi connectivity index (χ0n) is 10.1. The summed E-state index contributed by atoms with van der Waals surface area (Å²) in [5.74, 6) is 1.95. The van der Waals surface area contributed by atoms with Gasteiger partial charge in [-0.15, -0.1) is 10.2 Å². The number of morpholine rings is 1. The molecule has 5 nitrogen and oxygen atoms in total. The predicted molar refractivity (Wildman–Crippen MR) is 61.2 cm³/mol. The molecule has 5 heteroatoms. The van der Waals surface area contributed by atoms with Gasteiger partial charge in [-0.05, 0) is 13.3 Å². The van der Waals surface area contributed by atoms with Crippen LogP contribution in [0.25, 0.3) is 0 Å². The molecule has 1 aromatic heterocycles. The molecule has 0 amide bonds. The molecule has 2 rings (SSSR count). The highest BCUT2D eigenvalue weighted by Gasteiger charge is 2.22. The second-order valence-corrected chi connectivity index (χ2v) is 4.17. The topological polar surface area (TPSA) is 52.0 Å². The zero-order valence-corrected chi connectivity index (χ0v) is 10.1. The fourth-order valence-corrected chi connectivity index (χ4v) is 1.96. The molecule has 2 heterocycles. The molecular formula is C11H20N4O. The van der Waals surface area contributed by atoms with E-state index in [9.17, 15) is 0 Å². The molecule has 1 saturated heterocycles. The van der Waals surface area contributed by atoms with Gasteiger partial charge < -0.3 is 14.6 Å². The lowest BCUT2D eigenvalue weighted by atomic mass is 10.2. The van der Waals surface area contributed by atoms with E-state index in [0.717, 1.165) is 44.3 Å². The monoisotopic (exact) mass is 224 g/mol. The van der Waals surface area contributed by atoms with Crippen molar-refractivity contribution in [2.75, 3.05) is 19.7 Å². The maximum Gasteiger partial charge on any atom is 0.163 e. The van der Waals surface area contributed by atoms with Gasteiger partial charge >= 0.3 is 0 Å². The van der Waals surface area contributed by atoms with Crippen molar-refractivity contribution < 1.29 is 4.74 Å². The van der Waals surface area contributed by atoms with Gasteiger partial charge in [0.15, 0.2) is 5.82 Å². The molecule has 1 unspecified atom stereocenters. The van der Waals surface area contributed by atoms with Crippen molar-refractivity contribution in [3.05, 3.63) is 11.6 Å². The van der Waals surface area contributed by atoms with E-state index < -0.39 is 0 Å². The van der Waals surface area contributed by atoms with Crippen molar-refractivity contribution in [2.45, 2.75) is 39.3 Å². The molecule has 90 valence electrons. The van der Waals surface area contributed by atoms with Gasteiger partial charge in [0.25, 0.3) is 0 Å². The van der Waals surface area contributed by atoms with Gasteiger partial charge in [0.2, 0.25) is 0 Å². The summed E-state index contributed by atoms with van der Waals surface area (Å²) in [4.78, 5) is 0. The Hall–Kier alpha value is -0.940. The van der Waals surface area contributed by atoms with Crippen LogP contribution in [-0.4, -0.2) is 34.5 Å². The van der Waals surface area contributed by atoms with Gasteiger partial charge in [-0.1, -0.05) is 13.3 Å². The Morgan fingerprint density at radius 3 is 3.06 bits per heavy atom. The van der Waals surface area contributed by atoms with Gasteiger partial charge in [0.05, 0.1) is 6.61 Å². The van der Waals surface area contributed by atoms with Crippen LogP contribution in [0.5, 0.6) is 0 Å². The van der Waals surface area contributed by atoms with Gasteiger partial charge in [-0.3, -0.25) is 0 Å². The average molecular weight is 224 g/mol. The number of aryl methyl sites for hydroxylation is 1. The number of unbranched alkanes of at least 4 members (excludes halogenated alkanes) is 1. The van der Waals surface area contributed by atoms with E-state index in [1.807, 2.05) is 6.92 Å². The molecule has 1 fully saturated rings. The lowest BCUT2D eigenvalue weighted by Crippen LogP contribution is -2.34. The molecule has 1 atom stereocenters. The number of hydrogen-bond donors (Lipinski definition) is 1. The first-order chi connectivity index (χ1) is 7.83. The van der Waals surface area contributed by atoms with Crippen molar-refractivity contribution in [1.29, 1.82) is 0 Å². The van der Waals surface area contributed by atoms with Gasteiger partial charge in [-0.2, -0.15) is 0 Å². The summed E-state index contributed by atoms with van der Waals surface area (Å²) in [5.41, 5.74) is 0. The van der Waals surface area contributed by atoms with Crippen molar-refractivity contribution in [2.24, 2.45) is 0 Å². The highest BCUT2D eigenvalue weighted by Crippen LogP contribution is 2.18. The SMILES string of the molecule is CCCCn1c(C)nnc1C1CNCCO1. The summed E-state index contributed by atoms with van der Waals surface area (Å²) < 4.78 is 7.89. The lowest BCUT2D eigenvalue weighted by molar-refractivity contribution is 0.0196. The van der Waals surface area contributed by atoms with Gasteiger partial charge in [0, 0.05) is 19.6 Å². The summed E-state index contributed by atoms with van der Waals surface area (Å²) in [6.07, 6.45) is 2.40. The molecule has 0 aromatic carbocycles. The average Bonchev–Trinajstić information content (AvgIpc) is 2.69. The first-order valence-electron chi connectivity index (χ1n) is 6.05. The molecule has 0 aliphatic carbocycles. The van der Waals surface area contributed by atoms with E-state index in [0.29, 0.717) is 0 Å². The van der Waals surface area contributed by atoms with Crippen molar-refractivity contribution >= 4 is 0 Å². The summed E-state index contributed by atoms with van der Waals surface area (Å²) in [7, 11) is 0. The highest BCUT2D eigenvalue weighted by molar-refractivity contribution is 4.99. The fourth-order valence-electron chi connectivity index (χ4n) is 1.96. The second kappa shape index (κ2) is 5.41. The molecule has 0 radical (unpaired) electrons. The number of nitrogens with zero attached hydrogens (tertiary/aromatic N) is 3. The van der Waals surface area contributed by atoms with Crippen LogP contribution < -0.4 is 5.32 Å². The van der Waals surface area contributed by atoms with E-state index in [-0.39, 0.29) is 6.10 Å². The molecule has 1 aromatic rings. The highest BCUT2D eigenvalue weighted by atomic mass is 16.5. The summed E-state index contributed by atoms with van der Waals surface area (Å²) >= 11 is 0. The molecule has 0 bridgehead atoms. The van der Waals surface area contributed by atoms with E-state index in [1.54, 1.807) is 0 Å². The quantitative estimate of drug-likeness (QED) is 0.830. The third kappa shape index (κ3) is 2.41. The van der Waals surface area contributed by atoms with E-state index in [4.69, 9.17) is 4.74 Å². The minimum absolute atomic E-state index is 0.0619. The Bertz CT molecular complexity index is 331. The van der Waals surface area contributed by atoms with Crippen LogP contribution in [-0.2, 0) is 11.3 Å². The Kier molecular flexibility index (Phi) is 3.90. The van der Waals surface area contributed by atoms with Gasteiger partial charge in [0.1, 0.15) is 11.9 Å². The maximum atomic E-state index is 5.71. The summed E-state index contributed by atoms with van der Waals surface area (Å²) in [6, 6.07) is 0. The largest absolute Gasteiger partial charge is 0.368 e. The van der Waals surface area contributed by atoms with Crippen molar-refractivity contribution in [1.82, 2.24) is 20.1 Å². The van der Waals surface area contributed by atoms with Crippen LogP contribution >= 0.6 is 0 Å². The molecule has 0 spiro atoms. The Labute approximate surface area is 96.2 Å². The minimum Gasteiger partial charge on any atom is -0.368 e. The van der Waals surface area contributed by atoms with Crippen LogP contribution in [0.1, 0.15) is 37.5 Å². The van der Waals surface area contributed by atoms with Crippen LogP contribution in [0.15, 0.2) is 0 Å². The Morgan fingerprint density at radius 1 is 1.50 bits per heavy atom. The second-order valence-electron chi connectivity index (χ2n) is 4.17. The lowest BCUT2D eigenvalue weighted by Gasteiger charge is -2.23. The van der Waals surface area contributed by atoms with Crippen molar-refractivity contribution in [3.63, 3.8) is 0 Å². The zero-order chi connectivity index (χ0) is 11.4. The third-order valence-corrected chi connectivity index (χ3v) is 2.92. The maximum absolute atomic E-state index is 5.71.